The molecule has 0 bridgehead atoms. The Labute approximate surface area is 102 Å². The van der Waals surface area contributed by atoms with Crippen molar-refractivity contribution in [3.63, 3.8) is 0 Å². The van der Waals surface area contributed by atoms with Crippen LogP contribution in [0.25, 0.3) is 0 Å². The van der Waals surface area contributed by atoms with E-state index in [1.807, 2.05) is 0 Å². The topological polar surface area (TPSA) is 67.2 Å². The van der Waals surface area contributed by atoms with E-state index in [0.717, 1.165) is 12.1 Å². The molecule has 0 aliphatic rings. The molecule has 1 aromatic carbocycles. The van der Waals surface area contributed by atoms with Crippen LogP contribution < -0.4 is 16.4 Å². The fourth-order valence-corrected chi connectivity index (χ4v) is 1.35. The molecule has 1 aromatic rings. The predicted molar refractivity (Wildman–Crippen MR) is 63.0 cm³/mol. The zero-order valence-electron chi connectivity index (χ0n) is 9.77. The van der Waals surface area contributed by atoms with Gasteiger partial charge in [0.25, 0.3) is 0 Å². The lowest BCUT2D eigenvalue weighted by atomic mass is 10.1. The molecular formula is C11H14F3N3O. The van der Waals surface area contributed by atoms with Gasteiger partial charge in [-0.1, -0.05) is 0 Å². The Hall–Kier alpha value is -1.92. The van der Waals surface area contributed by atoms with E-state index in [1.165, 1.54) is 6.07 Å². The SMILES string of the molecule is CCNC(=O)CNc1ccc(N)c(C(F)(F)F)c1. The van der Waals surface area contributed by atoms with Crippen molar-refractivity contribution in [2.24, 2.45) is 0 Å². The fraction of sp³-hybridized carbons (Fsp3) is 0.364. The molecule has 0 aromatic heterocycles. The van der Waals surface area contributed by atoms with Crippen molar-refractivity contribution in [3.05, 3.63) is 23.8 Å². The lowest BCUT2D eigenvalue weighted by Crippen LogP contribution is -2.29. The van der Waals surface area contributed by atoms with Crippen LogP contribution in [0.1, 0.15) is 12.5 Å². The second-order valence-corrected chi connectivity index (χ2v) is 3.61. The zero-order chi connectivity index (χ0) is 13.8. The van der Waals surface area contributed by atoms with Gasteiger partial charge in [-0.3, -0.25) is 4.79 Å². The van der Waals surface area contributed by atoms with Crippen molar-refractivity contribution in [2.45, 2.75) is 13.1 Å². The van der Waals surface area contributed by atoms with Gasteiger partial charge >= 0.3 is 6.18 Å². The average molecular weight is 261 g/mol. The Morgan fingerprint density at radius 1 is 1.39 bits per heavy atom. The Morgan fingerprint density at radius 2 is 2.06 bits per heavy atom. The summed E-state index contributed by atoms with van der Waals surface area (Å²) >= 11 is 0. The zero-order valence-corrected chi connectivity index (χ0v) is 9.77. The van der Waals surface area contributed by atoms with Crippen LogP contribution >= 0.6 is 0 Å². The van der Waals surface area contributed by atoms with Crippen molar-refractivity contribution in [1.29, 1.82) is 0 Å². The van der Waals surface area contributed by atoms with Gasteiger partial charge in [0.2, 0.25) is 5.91 Å². The minimum absolute atomic E-state index is 0.0882. The van der Waals surface area contributed by atoms with Gasteiger partial charge in [0.1, 0.15) is 0 Å². The molecule has 4 N–H and O–H groups in total. The molecule has 0 saturated heterocycles. The Morgan fingerprint density at radius 3 is 2.61 bits per heavy atom. The van der Waals surface area contributed by atoms with Crippen LogP contribution in [-0.4, -0.2) is 19.0 Å². The number of carbonyl (C=O) groups is 1. The van der Waals surface area contributed by atoms with Gasteiger partial charge in [0.05, 0.1) is 12.1 Å². The third-order valence-electron chi connectivity index (χ3n) is 2.19. The number of hydrogen-bond donors (Lipinski definition) is 3. The lowest BCUT2D eigenvalue weighted by Gasteiger charge is -2.12. The molecule has 0 aliphatic carbocycles. The molecule has 0 saturated carbocycles. The number of carbonyl (C=O) groups excluding carboxylic acids is 1. The van der Waals surface area contributed by atoms with Crippen LogP contribution in [0.15, 0.2) is 18.2 Å². The third kappa shape index (κ3) is 3.83. The highest BCUT2D eigenvalue weighted by Crippen LogP contribution is 2.34. The number of halogens is 3. The summed E-state index contributed by atoms with van der Waals surface area (Å²) in [5.74, 6) is -0.289. The molecule has 0 aliphatic heterocycles. The van der Waals surface area contributed by atoms with Crippen molar-refractivity contribution >= 4 is 17.3 Å². The number of benzene rings is 1. The maximum atomic E-state index is 12.6. The van der Waals surface area contributed by atoms with Crippen LogP contribution in [0.5, 0.6) is 0 Å². The summed E-state index contributed by atoms with van der Waals surface area (Å²) in [5, 5.41) is 5.12. The summed E-state index contributed by atoms with van der Waals surface area (Å²) in [6, 6.07) is 3.43. The van der Waals surface area contributed by atoms with Crippen LogP contribution in [0.2, 0.25) is 0 Å². The molecule has 1 amide bonds. The first-order chi connectivity index (χ1) is 8.34. The highest BCUT2D eigenvalue weighted by atomic mass is 19.4. The Kier molecular flexibility index (Phi) is 4.41. The molecular weight excluding hydrogens is 247 g/mol. The van der Waals surface area contributed by atoms with Crippen LogP contribution in [0.4, 0.5) is 24.5 Å². The van der Waals surface area contributed by atoms with Crippen molar-refractivity contribution in [3.8, 4) is 0 Å². The highest BCUT2D eigenvalue weighted by Gasteiger charge is 2.33. The van der Waals surface area contributed by atoms with Crippen molar-refractivity contribution in [2.75, 3.05) is 24.1 Å². The van der Waals surface area contributed by atoms with Gasteiger partial charge in [-0.25, -0.2) is 0 Å². The number of rotatable bonds is 4. The summed E-state index contributed by atoms with van der Waals surface area (Å²) in [6.45, 7) is 2.13. The summed E-state index contributed by atoms with van der Waals surface area (Å²) in [6.07, 6.45) is -4.51. The Bertz CT molecular complexity index is 432. The molecule has 4 nitrogen and oxygen atoms in total. The van der Waals surface area contributed by atoms with Crippen LogP contribution in [-0.2, 0) is 11.0 Å². The molecule has 0 atom stereocenters. The first kappa shape index (κ1) is 14.1. The number of nitrogens with one attached hydrogen (secondary N) is 2. The first-order valence-corrected chi connectivity index (χ1v) is 5.32. The number of hydrogen-bond acceptors (Lipinski definition) is 3. The van der Waals surface area contributed by atoms with Gasteiger partial charge in [-0.15, -0.1) is 0 Å². The number of nitrogens with two attached hydrogens (primary N) is 1. The van der Waals surface area contributed by atoms with E-state index in [9.17, 15) is 18.0 Å². The molecule has 0 unspecified atom stereocenters. The monoisotopic (exact) mass is 261 g/mol. The van der Waals surface area contributed by atoms with Gasteiger partial charge in [-0.05, 0) is 25.1 Å². The standard InChI is InChI=1S/C11H14F3N3O/c1-2-16-10(18)6-17-7-3-4-9(15)8(5-7)11(12,13)14/h3-5,17H,2,6,15H2,1H3,(H,16,18). The van der Waals surface area contributed by atoms with Gasteiger partial charge in [-0.2, -0.15) is 13.2 Å². The second kappa shape index (κ2) is 5.61. The maximum absolute atomic E-state index is 12.6. The molecule has 0 radical (unpaired) electrons. The molecule has 0 spiro atoms. The number of amides is 1. The van der Waals surface area contributed by atoms with E-state index >= 15 is 0 Å². The number of nitrogen functional groups attached to an aromatic ring is 1. The molecule has 7 heteroatoms. The third-order valence-corrected chi connectivity index (χ3v) is 2.19. The molecule has 0 fully saturated rings. The van der Waals surface area contributed by atoms with E-state index in [4.69, 9.17) is 5.73 Å². The minimum atomic E-state index is -4.51. The first-order valence-electron chi connectivity index (χ1n) is 5.32. The average Bonchev–Trinajstić information content (AvgIpc) is 2.27. The summed E-state index contributed by atoms with van der Waals surface area (Å²) in [4.78, 5) is 11.1. The van der Waals surface area contributed by atoms with Crippen LogP contribution in [0.3, 0.4) is 0 Å². The summed E-state index contributed by atoms with van der Waals surface area (Å²) < 4.78 is 37.7. The number of anilines is 2. The molecule has 0 heterocycles. The van der Waals surface area contributed by atoms with Gasteiger partial charge in [0.15, 0.2) is 0 Å². The summed E-state index contributed by atoms with van der Waals surface area (Å²) in [7, 11) is 0. The van der Waals surface area contributed by atoms with Gasteiger partial charge < -0.3 is 16.4 Å². The second-order valence-electron chi connectivity index (χ2n) is 3.61. The number of likely N-dealkylation sites (N-methyl/N-ethyl adjacent to an activating group) is 1. The van der Waals surface area contributed by atoms with Crippen molar-refractivity contribution in [1.82, 2.24) is 5.32 Å². The van der Waals surface area contributed by atoms with E-state index < -0.39 is 11.7 Å². The lowest BCUT2D eigenvalue weighted by molar-refractivity contribution is -0.136. The quantitative estimate of drug-likeness (QED) is 0.724. The molecule has 18 heavy (non-hydrogen) atoms. The fourth-order valence-electron chi connectivity index (χ4n) is 1.35. The van der Waals surface area contributed by atoms with Crippen LogP contribution in [0, 0.1) is 0 Å². The number of alkyl halides is 3. The largest absolute Gasteiger partial charge is 0.418 e. The van der Waals surface area contributed by atoms with E-state index in [-0.39, 0.29) is 23.8 Å². The van der Waals surface area contributed by atoms with Crippen molar-refractivity contribution < 1.29 is 18.0 Å². The molecule has 1 rings (SSSR count). The maximum Gasteiger partial charge on any atom is 0.418 e. The predicted octanol–water partition coefficient (Wildman–Crippen LogP) is 1.84. The smallest absolute Gasteiger partial charge is 0.398 e. The normalized spacial score (nSPS) is 11.1. The van der Waals surface area contributed by atoms with Gasteiger partial charge in [0, 0.05) is 17.9 Å². The van der Waals surface area contributed by atoms with E-state index in [2.05, 4.69) is 10.6 Å². The highest BCUT2D eigenvalue weighted by molar-refractivity contribution is 5.80. The van der Waals surface area contributed by atoms with E-state index in [1.54, 1.807) is 6.92 Å². The molecule has 100 valence electrons. The minimum Gasteiger partial charge on any atom is -0.398 e. The van der Waals surface area contributed by atoms with E-state index in [0.29, 0.717) is 6.54 Å². The Balaban J connectivity index is 2.77. The summed E-state index contributed by atoms with van der Waals surface area (Å²) in [5.41, 5.74) is 4.19.